The highest BCUT2D eigenvalue weighted by atomic mass is 79.9. The Morgan fingerprint density at radius 1 is 1.30 bits per heavy atom. The number of rotatable bonds is 6. The van der Waals surface area contributed by atoms with Gasteiger partial charge >= 0.3 is 0 Å². The maximum absolute atomic E-state index is 10.3. The van der Waals surface area contributed by atoms with Crippen molar-refractivity contribution in [2.24, 2.45) is 5.92 Å². The molecule has 1 aromatic rings. The molecule has 1 aliphatic carbocycles. The highest BCUT2D eigenvalue weighted by Crippen LogP contribution is 2.28. The third kappa shape index (κ3) is 4.57. The number of aliphatic hydroxyl groups is 1. The molecule has 1 saturated carbocycles. The Morgan fingerprint density at radius 2 is 2.05 bits per heavy atom. The summed E-state index contributed by atoms with van der Waals surface area (Å²) in [5.74, 6) is 0.795. The average molecular weight is 340 g/mol. The third-order valence-electron chi connectivity index (χ3n) is 4.47. The van der Waals surface area contributed by atoms with E-state index in [9.17, 15) is 5.11 Å². The first kappa shape index (κ1) is 16.0. The van der Waals surface area contributed by atoms with Crippen LogP contribution < -0.4 is 5.32 Å². The molecule has 2 unspecified atom stereocenters. The van der Waals surface area contributed by atoms with Crippen LogP contribution in [-0.4, -0.2) is 17.7 Å². The van der Waals surface area contributed by atoms with Crippen molar-refractivity contribution in [1.29, 1.82) is 0 Å². The first-order valence-electron chi connectivity index (χ1n) is 7.87. The molecule has 2 N–H and O–H groups in total. The third-order valence-corrected chi connectivity index (χ3v) is 4.96. The van der Waals surface area contributed by atoms with E-state index in [-0.39, 0.29) is 0 Å². The molecule has 0 saturated heterocycles. The minimum Gasteiger partial charge on any atom is -0.387 e. The van der Waals surface area contributed by atoms with Crippen molar-refractivity contribution < 1.29 is 5.11 Å². The van der Waals surface area contributed by atoms with E-state index < -0.39 is 6.10 Å². The van der Waals surface area contributed by atoms with Crippen LogP contribution in [0.25, 0.3) is 0 Å². The summed E-state index contributed by atoms with van der Waals surface area (Å²) in [6, 6.07) is 8.49. The summed E-state index contributed by atoms with van der Waals surface area (Å²) in [4.78, 5) is 0. The van der Waals surface area contributed by atoms with Crippen LogP contribution in [0.3, 0.4) is 0 Å². The van der Waals surface area contributed by atoms with Crippen molar-refractivity contribution in [3.63, 3.8) is 0 Å². The van der Waals surface area contributed by atoms with Crippen LogP contribution in [-0.2, 0) is 0 Å². The summed E-state index contributed by atoms with van der Waals surface area (Å²) in [6.45, 7) is 2.89. The zero-order valence-electron chi connectivity index (χ0n) is 12.3. The monoisotopic (exact) mass is 339 g/mol. The number of hydrogen-bond donors (Lipinski definition) is 2. The van der Waals surface area contributed by atoms with Gasteiger partial charge in [0.05, 0.1) is 6.10 Å². The maximum atomic E-state index is 10.3. The minimum absolute atomic E-state index is 0.426. The molecule has 1 aromatic carbocycles. The zero-order chi connectivity index (χ0) is 14.4. The van der Waals surface area contributed by atoms with Crippen molar-refractivity contribution in [3.05, 3.63) is 34.3 Å². The Labute approximate surface area is 131 Å². The van der Waals surface area contributed by atoms with Crippen LogP contribution in [0.5, 0.6) is 0 Å². The first-order chi connectivity index (χ1) is 9.70. The van der Waals surface area contributed by atoms with E-state index in [0.717, 1.165) is 22.4 Å². The van der Waals surface area contributed by atoms with Gasteiger partial charge in [-0.05, 0) is 42.9 Å². The summed E-state index contributed by atoms with van der Waals surface area (Å²) < 4.78 is 1.02. The molecule has 20 heavy (non-hydrogen) atoms. The van der Waals surface area contributed by atoms with Crippen LogP contribution in [0.2, 0.25) is 0 Å². The maximum Gasteiger partial charge on any atom is 0.0914 e. The topological polar surface area (TPSA) is 32.3 Å². The van der Waals surface area contributed by atoms with Gasteiger partial charge in [-0.3, -0.25) is 0 Å². The molecular weight excluding hydrogens is 314 g/mol. The van der Waals surface area contributed by atoms with E-state index in [1.807, 2.05) is 24.3 Å². The molecule has 0 bridgehead atoms. The summed E-state index contributed by atoms with van der Waals surface area (Å²) >= 11 is 3.46. The summed E-state index contributed by atoms with van der Waals surface area (Å²) in [6.07, 6.45) is 7.55. The van der Waals surface area contributed by atoms with E-state index in [0.29, 0.717) is 12.6 Å². The standard InChI is InChI=1S/C17H26BrNO/c1-2-16(13-7-4-3-5-8-13)19-12-17(20)14-9-6-10-15(18)11-14/h6,9-11,13,16-17,19-20H,2-5,7-8,12H2,1H3. The van der Waals surface area contributed by atoms with Crippen molar-refractivity contribution in [1.82, 2.24) is 5.32 Å². The quantitative estimate of drug-likeness (QED) is 0.803. The molecule has 0 amide bonds. The fourth-order valence-corrected chi connectivity index (χ4v) is 3.69. The molecule has 0 radical (unpaired) electrons. The summed E-state index contributed by atoms with van der Waals surface area (Å²) in [5, 5.41) is 13.9. The molecule has 2 atom stereocenters. The van der Waals surface area contributed by atoms with Crippen LogP contribution in [0.4, 0.5) is 0 Å². The number of nitrogens with one attached hydrogen (secondary N) is 1. The highest BCUT2D eigenvalue weighted by molar-refractivity contribution is 9.10. The largest absolute Gasteiger partial charge is 0.387 e. The number of hydrogen-bond acceptors (Lipinski definition) is 2. The molecule has 1 aliphatic rings. The van der Waals surface area contributed by atoms with E-state index in [1.54, 1.807) is 0 Å². The Hall–Kier alpha value is -0.380. The second kappa shape index (κ2) is 8.16. The first-order valence-corrected chi connectivity index (χ1v) is 8.67. The van der Waals surface area contributed by atoms with Crippen molar-refractivity contribution in [3.8, 4) is 0 Å². The Morgan fingerprint density at radius 3 is 2.70 bits per heavy atom. The van der Waals surface area contributed by atoms with Gasteiger partial charge in [0.25, 0.3) is 0 Å². The van der Waals surface area contributed by atoms with Gasteiger partial charge in [-0.2, -0.15) is 0 Å². The van der Waals surface area contributed by atoms with E-state index in [4.69, 9.17) is 0 Å². The number of halogens is 1. The molecule has 1 fully saturated rings. The minimum atomic E-state index is -0.426. The molecular formula is C17H26BrNO. The van der Waals surface area contributed by atoms with Crippen molar-refractivity contribution in [2.75, 3.05) is 6.54 Å². The predicted molar refractivity (Wildman–Crippen MR) is 87.8 cm³/mol. The van der Waals surface area contributed by atoms with Gasteiger partial charge in [-0.15, -0.1) is 0 Å². The smallest absolute Gasteiger partial charge is 0.0914 e. The molecule has 112 valence electrons. The SMILES string of the molecule is CCC(NCC(O)c1cccc(Br)c1)C1CCCCC1. The van der Waals surface area contributed by atoms with Gasteiger partial charge in [0.15, 0.2) is 0 Å². The van der Waals surface area contributed by atoms with Gasteiger partial charge in [-0.25, -0.2) is 0 Å². The van der Waals surface area contributed by atoms with Crippen LogP contribution in [0.1, 0.15) is 57.1 Å². The lowest BCUT2D eigenvalue weighted by Gasteiger charge is -2.31. The Bertz CT molecular complexity index is 404. The average Bonchev–Trinajstić information content (AvgIpc) is 2.49. The van der Waals surface area contributed by atoms with Gasteiger partial charge in [0.1, 0.15) is 0 Å². The lowest BCUT2D eigenvalue weighted by atomic mass is 9.83. The van der Waals surface area contributed by atoms with E-state index in [1.165, 1.54) is 32.1 Å². The molecule has 3 heteroatoms. The lowest BCUT2D eigenvalue weighted by Crippen LogP contribution is -2.39. The van der Waals surface area contributed by atoms with Crippen molar-refractivity contribution >= 4 is 15.9 Å². The normalized spacial score (nSPS) is 19.8. The zero-order valence-corrected chi connectivity index (χ0v) is 13.9. The van der Waals surface area contributed by atoms with Crippen LogP contribution in [0, 0.1) is 5.92 Å². The van der Waals surface area contributed by atoms with Crippen molar-refractivity contribution in [2.45, 2.75) is 57.6 Å². The second-order valence-corrected chi connectivity index (χ2v) is 6.81. The predicted octanol–water partition coefficient (Wildman–Crippen LogP) is 4.43. The van der Waals surface area contributed by atoms with E-state index in [2.05, 4.69) is 28.2 Å². The molecule has 2 rings (SSSR count). The molecule has 0 aliphatic heterocycles. The molecule has 0 spiro atoms. The highest BCUT2D eigenvalue weighted by Gasteiger charge is 2.22. The number of aliphatic hydroxyl groups excluding tert-OH is 1. The van der Waals surface area contributed by atoms with Crippen LogP contribution >= 0.6 is 15.9 Å². The summed E-state index contributed by atoms with van der Waals surface area (Å²) in [7, 11) is 0. The molecule has 0 heterocycles. The van der Waals surface area contributed by atoms with Gasteiger partial charge in [0, 0.05) is 17.1 Å². The van der Waals surface area contributed by atoms with Crippen LogP contribution in [0.15, 0.2) is 28.7 Å². The van der Waals surface area contributed by atoms with E-state index >= 15 is 0 Å². The van der Waals surface area contributed by atoms with Gasteiger partial charge in [-0.1, -0.05) is 54.2 Å². The Balaban J connectivity index is 1.85. The van der Waals surface area contributed by atoms with Gasteiger partial charge in [0.2, 0.25) is 0 Å². The van der Waals surface area contributed by atoms with Gasteiger partial charge < -0.3 is 10.4 Å². The lowest BCUT2D eigenvalue weighted by molar-refractivity contribution is 0.157. The number of benzene rings is 1. The Kier molecular flexibility index (Phi) is 6.53. The molecule has 2 nitrogen and oxygen atoms in total. The molecule has 0 aromatic heterocycles. The fraction of sp³-hybridized carbons (Fsp3) is 0.647. The second-order valence-electron chi connectivity index (χ2n) is 5.89. The fourth-order valence-electron chi connectivity index (χ4n) is 3.28. The summed E-state index contributed by atoms with van der Waals surface area (Å²) in [5.41, 5.74) is 0.977.